The Bertz CT molecular complexity index is 1020. The summed E-state index contributed by atoms with van der Waals surface area (Å²) in [6, 6.07) is -0.652. The van der Waals surface area contributed by atoms with E-state index in [4.69, 9.17) is 14.7 Å². The van der Waals surface area contributed by atoms with Crippen molar-refractivity contribution in [1.29, 1.82) is 5.41 Å². The first kappa shape index (κ1) is 37.0. The topological polar surface area (TPSA) is 128 Å². The molecule has 0 unspecified atom stereocenters. The van der Waals surface area contributed by atoms with Crippen LogP contribution in [0.1, 0.15) is 119 Å². The molecule has 3 aliphatic carbocycles. The van der Waals surface area contributed by atoms with Gasteiger partial charge in [-0.2, -0.15) is 0 Å². The van der Waals surface area contributed by atoms with Crippen molar-refractivity contribution >= 4 is 24.9 Å². The van der Waals surface area contributed by atoms with Gasteiger partial charge in [-0.15, -0.1) is 0 Å². The highest BCUT2D eigenvalue weighted by atomic mass is 16.7. The van der Waals surface area contributed by atoms with Crippen molar-refractivity contribution < 1.29 is 18.9 Å². The Morgan fingerprint density at radius 3 is 2.46 bits per heavy atom. The Morgan fingerprint density at radius 2 is 1.80 bits per heavy atom. The molecule has 5 rings (SSSR count). The van der Waals surface area contributed by atoms with Crippen LogP contribution in [0, 0.1) is 34.5 Å². The van der Waals surface area contributed by atoms with Gasteiger partial charge in [-0.05, 0) is 120 Å². The van der Waals surface area contributed by atoms with Crippen LogP contribution in [0.15, 0.2) is 0 Å². The number of rotatable bonds is 17. The number of likely N-dealkylation sites (tertiary alicyclic amines) is 1. The number of guanidine groups is 1. The number of amides is 2. The maximum Gasteiger partial charge on any atom is 0.481 e. The summed E-state index contributed by atoms with van der Waals surface area (Å²) in [6.45, 7) is 17.6. The third kappa shape index (κ3) is 9.19. The van der Waals surface area contributed by atoms with Crippen molar-refractivity contribution in [3.63, 3.8) is 0 Å². The smallest absolute Gasteiger partial charge is 0.404 e. The van der Waals surface area contributed by atoms with Crippen molar-refractivity contribution in [3.05, 3.63) is 0 Å². The molecule has 2 bridgehead atoms. The van der Waals surface area contributed by atoms with Gasteiger partial charge in [0.2, 0.25) is 11.8 Å². The summed E-state index contributed by atoms with van der Waals surface area (Å²) >= 11 is 0. The van der Waals surface area contributed by atoms with Crippen LogP contribution in [0.5, 0.6) is 0 Å². The quantitative estimate of drug-likeness (QED) is 0.0684. The van der Waals surface area contributed by atoms with E-state index in [1.165, 1.54) is 51.7 Å². The van der Waals surface area contributed by atoms with Gasteiger partial charge in [0.15, 0.2) is 5.96 Å². The van der Waals surface area contributed by atoms with Gasteiger partial charge in [-0.3, -0.25) is 15.0 Å². The van der Waals surface area contributed by atoms with E-state index in [2.05, 4.69) is 67.7 Å². The summed E-state index contributed by atoms with van der Waals surface area (Å²) < 4.78 is 13.4. The van der Waals surface area contributed by atoms with Crippen molar-refractivity contribution in [2.24, 2.45) is 29.1 Å². The fraction of sp³-hybridized carbons (Fsp3) is 0.914. The van der Waals surface area contributed by atoms with E-state index in [1.54, 1.807) is 7.05 Å². The molecule has 0 radical (unpaired) electrons. The lowest BCUT2D eigenvalue weighted by molar-refractivity contribution is -0.199. The molecule has 0 aromatic heterocycles. The number of hydrogen-bond acceptors (Lipinski definition) is 6. The minimum absolute atomic E-state index is 0.0495. The molecule has 2 heterocycles. The second kappa shape index (κ2) is 16.5. The van der Waals surface area contributed by atoms with Crippen molar-refractivity contribution in [3.8, 4) is 0 Å². The number of piperidine rings is 1. The zero-order valence-corrected chi connectivity index (χ0v) is 30.0. The molecule has 3 saturated carbocycles. The summed E-state index contributed by atoms with van der Waals surface area (Å²) in [6.07, 6.45) is 11.4. The highest BCUT2D eigenvalue weighted by Crippen LogP contribution is 2.65. The molecule has 0 aromatic carbocycles. The molecule has 11 heteroatoms. The maximum atomic E-state index is 13.9. The van der Waals surface area contributed by atoms with Gasteiger partial charge in [0.05, 0.1) is 17.6 Å². The Kier molecular flexibility index (Phi) is 13.3. The Labute approximate surface area is 279 Å². The fourth-order valence-electron chi connectivity index (χ4n) is 8.68. The van der Waals surface area contributed by atoms with Crippen LogP contribution in [-0.2, 0) is 18.9 Å². The first-order valence-corrected chi connectivity index (χ1v) is 18.5. The van der Waals surface area contributed by atoms with E-state index in [9.17, 15) is 9.59 Å². The number of carbonyl (C=O) groups excluding carboxylic acids is 2. The van der Waals surface area contributed by atoms with Crippen LogP contribution in [-0.4, -0.2) is 86.7 Å². The highest BCUT2D eigenvalue weighted by Gasteiger charge is 2.68. The van der Waals surface area contributed by atoms with Gasteiger partial charge in [0, 0.05) is 20.0 Å². The Morgan fingerprint density at radius 1 is 1.07 bits per heavy atom. The second-order valence-electron chi connectivity index (χ2n) is 15.9. The molecule has 46 heavy (non-hydrogen) atoms. The van der Waals surface area contributed by atoms with E-state index in [1.807, 2.05) is 0 Å². The molecule has 2 saturated heterocycles. The second-order valence-corrected chi connectivity index (χ2v) is 15.9. The molecule has 262 valence electrons. The molecule has 2 aliphatic heterocycles. The summed E-state index contributed by atoms with van der Waals surface area (Å²) in [5.41, 5.74) is -0.0919. The van der Waals surface area contributed by atoms with Crippen LogP contribution in [0.3, 0.4) is 0 Å². The number of carbonyl (C=O) groups is 2. The summed E-state index contributed by atoms with van der Waals surface area (Å²) in [5.74, 6) is 1.83. The third-order valence-electron chi connectivity index (χ3n) is 11.8. The zero-order valence-electron chi connectivity index (χ0n) is 30.0. The van der Waals surface area contributed by atoms with Gasteiger partial charge in [-0.25, -0.2) is 0 Å². The molecule has 0 spiro atoms. The molecular weight excluding hydrogens is 579 g/mol. The number of nitrogens with one attached hydrogen (secondary N) is 5. The van der Waals surface area contributed by atoms with Crippen molar-refractivity contribution in [2.75, 3.05) is 33.2 Å². The van der Waals surface area contributed by atoms with Gasteiger partial charge in [0.25, 0.3) is 0 Å². The minimum Gasteiger partial charge on any atom is -0.404 e. The number of nitrogens with zero attached hydrogens (tertiary/aromatic N) is 1. The lowest BCUT2D eigenvalue weighted by atomic mass is 9.43. The van der Waals surface area contributed by atoms with Gasteiger partial charge in [0.1, 0.15) is 6.04 Å². The molecule has 5 N–H and O–H groups in total. The Hall–Kier alpha value is -1.85. The lowest BCUT2D eigenvalue weighted by Crippen LogP contribution is -2.65. The largest absolute Gasteiger partial charge is 0.481 e. The van der Waals surface area contributed by atoms with Gasteiger partial charge < -0.3 is 35.5 Å². The molecule has 6 atom stereocenters. The summed E-state index contributed by atoms with van der Waals surface area (Å²) in [7, 11) is 1.20. The van der Waals surface area contributed by atoms with Gasteiger partial charge >= 0.3 is 7.12 Å². The zero-order chi connectivity index (χ0) is 33.5. The normalized spacial score (nSPS) is 28.6. The summed E-state index contributed by atoms with van der Waals surface area (Å²) in [4.78, 5) is 29.7. The average Bonchev–Trinajstić information content (AvgIpc) is 3.38. The van der Waals surface area contributed by atoms with Crippen LogP contribution in [0.4, 0.5) is 0 Å². The van der Waals surface area contributed by atoms with Crippen LogP contribution in [0.25, 0.3) is 0 Å². The maximum absolute atomic E-state index is 13.9. The Balaban J connectivity index is 1.32. The molecule has 10 nitrogen and oxygen atoms in total. The van der Waals surface area contributed by atoms with E-state index in [-0.39, 0.29) is 40.8 Å². The minimum atomic E-state index is -0.652. The number of hydrogen-bond donors (Lipinski definition) is 5. The molecule has 5 aliphatic rings. The van der Waals surface area contributed by atoms with Crippen LogP contribution < -0.4 is 21.3 Å². The predicted octanol–water partition coefficient (Wildman–Crippen LogP) is 4.48. The van der Waals surface area contributed by atoms with Crippen molar-refractivity contribution in [1.82, 2.24) is 26.2 Å². The standard InChI is InChI=1S/C35H65BN6O4/c1-8-9-18-42-19-15-25(16-20-42)12-10-14-31(43)40-27(13-11-17-39-33(37)38-7)32(44)41-30(21-24(2)3)36-45-29-23-26-22-28(34(26,4)5)35(29,6)46-36/h24-30H,8-23H2,1-7H3,(H,40,43)(H,41,44)(H3,37,38,39)/t26-,27-,28-,29+,30-,35-/m0/s1. The summed E-state index contributed by atoms with van der Waals surface area (Å²) in [5, 5.41) is 19.9. The van der Waals surface area contributed by atoms with E-state index < -0.39 is 13.2 Å². The third-order valence-corrected chi connectivity index (χ3v) is 11.8. The SMILES string of the molecule is CCCCN1CCC(CCCC(=O)N[C@@H](CCCNC(=N)NC)C(=O)N[C@@H](CC(C)C)B2O[C@@H]3C[C@@H]4C[C@@H](C4(C)C)[C@]3(C)O2)CC1. The molecular formula is C35H65BN6O4. The van der Waals surface area contributed by atoms with E-state index in [0.29, 0.717) is 49.5 Å². The molecule has 0 aromatic rings. The lowest BCUT2D eigenvalue weighted by Gasteiger charge is -2.64. The predicted molar refractivity (Wildman–Crippen MR) is 185 cm³/mol. The van der Waals surface area contributed by atoms with E-state index in [0.717, 1.165) is 25.7 Å². The highest BCUT2D eigenvalue weighted by molar-refractivity contribution is 6.48. The fourth-order valence-corrected chi connectivity index (χ4v) is 8.68. The molecule has 5 fully saturated rings. The van der Waals surface area contributed by atoms with Gasteiger partial charge in [-0.1, -0.05) is 41.0 Å². The van der Waals surface area contributed by atoms with Crippen molar-refractivity contribution in [2.45, 2.75) is 142 Å². The number of unbranched alkanes of at least 4 members (excludes halogenated alkanes) is 1. The van der Waals surface area contributed by atoms with Crippen LogP contribution in [0.2, 0.25) is 0 Å². The first-order chi connectivity index (χ1) is 21.9. The first-order valence-electron chi connectivity index (χ1n) is 18.5. The van der Waals surface area contributed by atoms with Crippen LogP contribution >= 0.6 is 0 Å². The monoisotopic (exact) mass is 645 g/mol. The van der Waals surface area contributed by atoms with E-state index >= 15 is 0 Å². The average molecular weight is 645 g/mol. The molecule has 2 amide bonds.